The fraction of sp³-hybridized carbons (Fsp3) is 0.240. The van der Waals surface area contributed by atoms with Crippen LogP contribution in [0.15, 0.2) is 54.7 Å². The van der Waals surface area contributed by atoms with Crippen LogP contribution < -0.4 is 5.32 Å². The van der Waals surface area contributed by atoms with Gasteiger partial charge in [0.15, 0.2) is 0 Å². The molecule has 1 amide bonds. The first kappa shape index (κ1) is 23.7. The predicted octanol–water partition coefficient (Wildman–Crippen LogP) is 2.99. The smallest absolute Gasteiger partial charge is 0.258 e. The largest absolute Gasteiger partial charge is 0.381 e. The average Bonchev–Trinajstić information content (AvgIpc) is 3.32. The molecule has 0 aliphatic carbocycles. The van der Waals surface area contributed by atoms with E-state index in [-0.39, 0.29) is 5.95 Å². The Morgan fingerprint density at radius 2 is 1.80 bits per heavy atom. The van der Waals surface area contributed by atoms with Crippen LogP contribution in [-0.4, -0.2) is 46.6 Å². The SMILES string of the molecule is CCc1cccc(Cn2cc(-c3cc(-c4cccc(C#N)c4)nc(NC(=O)C(C)(C)O)n3)nn2)n1. The Balaban J connectivity index is 1.71. The van der Waals surface area contributed by atoms with Gasteiger partial charge in [-0.05, 0) is 50.6 Å². The van der Waals surface area contributed by atoms with E-state index < -0.39 is 11.5 Å². The number of carbonyl (C=O) groups is 1. The standard InChI is InChI=1S/C25H24N8O2/c1-4-18-9-6-10-19(27-18)14-33-15-22(31-32-33)21-12-20(17-8-5-7-16(11-17)13-26)28-24(29-21)30-23(34)25(2,3)35/h5-12,15,35H,4,14H2,1-3H3,(H,28,29,30,34). The number of aromatic nitrogens is 6. The Kier molecular flexibility index (Phi) is 6.62. The maximum absolute atomic E-state index is 12.4. The number of aryl methyl sites for hydroxylation is 1. The van der Waals surface area contributed by atoms with E-state index in [9.17, 15) is 15.2 Å². The van der Waals surface area contributed by atoms with Crippen molar-refractivity contribution in [3.05, 3.63) is 71.7 Å². The van der Waals surface area contributed by atoms with Gasteiger partial charge in [0.2, 0.25) is 5.95 Å². The molecule has 0 bridgehead atoms. The van der Waals surface area contributed by atoms with Crippen LogP contribution in [0.4, 0.5) is 5.95 Å². The van der Waals surface area contributed by atoms with Crippen molar-refractivity contribution in [2.75, 3.05) is 5.32 Å². The molecule has 4 rings (SSSR count). The summed E-state index contributed by atoms with van der Waals surface area (Å²) in [6, 6.07) is 16.6. The summed E-state index contributed by atoms with van der Waals surface area (Å²) in [5.41, 5.74) is 2.73. The van der Waals surface area contributed by atoms with Crippen molar-refractivity contribution < 1.29 is 9.90 Å². The Bertz CT molecular complexity index is 1420. The zero-order chi connectivity index (χ0) is 25.0. The number of nitrogens with zero attached hydrogens (tertiary/aromatic N) is 7. The van der Waals surface area contributed by atoms with Gasteiger partial charge in [-0.3, -0.25) is 15.1 Å². The molecule has 10 heteroatoms. The van der Waals surface area contributed by atoms with Crippen molar-refractivity contribution in [3.8, 4) is 28.7 Å². The quantitative estimate of drug-likeness (QED) is 0.421. The Morgan fingerprint density at radius 1 is 1.06 bits per heavy atom. The highest BCUT2D eigenvalue weighted by Gasteiger charge is 2.25. The molecule has 0 spiro atoms. The van der Waals surface area contributed by atoms with E-state index in [1.165, 1.54) is 13.8 Å². The van der Waals surface area contributed by atoms with Gasteiger partial charge in [0.05, 0.1) is 41.5 Å². The van der Waals surface area contributed by atoms with Crippen LogP contribution >= 0.6 is 0 Å². The molecule has 0 saturated carbocycles. The molecule has 0 atom stereocenters. The highest BCUT2D eigenvalue weighted by atomic mass is 16.3. The molecule has 0 aliphatic rings. The summed E-state index contributed by atoms with van der Waals surface area (Å²) in [5.74, 6) is -0.657. The van der Waals surface area contributed by atoms with Gasteiger partial charge in [0.25, 0.3) is 5.91 Å². The van der Waals surface area contributed by atoms with Crippen molar-refractivity contribution in [1.29, 1.82) is 5.26 Å². The Labute approximate surface area is 202 Å². The molecule has 0 saturated heterocycles. The minimum absolute atomic E-state index is 0.00107. The Morgan fingerprint density at radius 3 is 2.54 bits per heavy atom. The molecule has 1 aromatic carbocycles. The van der Waals surface area contributed by atoms with Gasteiger partial charge >= 0.3 is 0 Å². The Hall–Kier alpha value is -4.49. The van der Waals surface area contributed by atoms with Crippen molar-refractivity contribution in [2.24, 2.45) is 0 Å². The normalized spacial score (nSPS) is 11.2. The van der Waals surface area contributed by atoms with Crippen LogP contribution in [0.1, 0.15) is 37.7 Å². The summed E-state index contributed by atoms with van der Waals surface area (Å²) in [4.78, 5) is 25.8. The topological polar surface area (TPSA) is 142 Å². The molecule has 35 heavy (non-hydrogen) atoms. The van der Waals surface area contributed by atoms with Crippen molar-refractivity contribution >= 4 is 11.9 Å². The van der Waals surface area contributed by atoms with Gasteiger partial charge in [0, 0.05) is 11.3 Å². The lowest BCUT2D eigenvalue weighted by Gasteiger charge is -2.16. The number of benzene rings is 1. The van der Waals surface area contributed by atoms with E-state index >= 15 is 0 Å². The second-order valence-corrected chi connectivity index (χ2v) is 8.44. The van der Waals surface area contributed by atoms with Crippen LogP contribution in [0.2, 0.25) is 0 Å². The lowest BCUT2D eigenvalue weighted by molar-refractivity contribution is -0.130. The van der Waals surface area contributed by atoms with Gasteiger partial charge in [-0.25, -0.2) is 14.6 Å². The number of rotatable bonds is 7. The molecule has 0 radical (unpaired) electrons. The number of pyridine rings is 1. The highest BCUT2D eigenvalue weighted by molar-refractivity contribution is 5.95. The van der Waals surface area contributed by atoms with E-state index in [4.69, 9.17) is 0 Å². The lowest BCUT2D eigenvalue weighted by Crippen LogP contribution is -2.37. The second kappa shape index (κ2) is 9.79. The fourth-order valence-electron chi connectivity index (χ4n) is 3.26. The highest BCUT2D eigenvalue weighted by Crippen LogP contribution is 2.25. The summed E-state index contributed by atoms with van der Waals surface area (Å²) in [6.07, 6.45) is 2.58. The molecule has 3 heterocycles. The third kappa shape index (κ3) is 5.72. The predicted molar refractivity (Wildman–Crippen MR) is 129 cm³/mol. The maximum atomic E-state index is 12.4. The second-order valence-electron chi connectivity index (χ2n) is 8.44. The number of nitriles is 1. The van der Waals surface area contributed by atoms with Gasteiger partial charge in [0.1, 0.15) is 11.3 Å². The van der Waals surface area contributed by atoms with Crippen molar-refractivity contribution in [3.63, 3.8) is 0 Å². The summed E-state index contributed by atoms with van der Waals surface area (Å²) >= 11 is 0. The summed E-state index contributed by atoms with van der Waals surface area (Å²) in [5, 5.41) is 30.3. The number of hydrogen-bond donors (Lipinski definition) is 2. The minimum Gasteiger partial charge on any atom is -0.381 e. The van der Waals surface area contributed by atoms with Gasteiger partial charge in [-0.2, -0.15) is 5.26 Å². The third-order valence-corrected chi connectivity index (χ3v) is 5.15. The van der Waals surface area contributed by atoms with Crippen molar-refractivity contribution in [1.82, 2.24) is 29.9 Å². The van der Waals surface area contributed by atoms with Crippen LogP contribution in [0, 0.1) is 11.3 Å². The van der Waals surface area contributed by atoms with E-state index in [1.54, 1.807) is 41.2 Å². The average molecular weight is 469 g/mol. The zero-order valence-electron chi connectivity index (χ0n) is 19.6. The molecule has 10 nitrogen and oxygen atoms in total. The summed E-state index contributed by atoms with van der Waals surface area (Å²) < 4.78 is 1.66. The maximum Gasteiger partial charge on any atom is 0.258 e. The number of amides is 1. The van der Waals surface area contributed by atoms with Crippen LogP contribution in [0.3, 0.4) is 0 Å². The number of carbonyl (C=O) groups excluding carboxylic acids is 1. The monoisotopic (exact) mass is 468 g/mol. The lowest BCUT2D eigenvalue weighted by atomic mass is 10.1. The molecule has 0 aliphatic heterocycles. The van der Waals surface area contributed by atoms with Gasteiger partial charge in [-0.15, -0.1) is 5.10 Å². The third-order valence-electron chi connectivity index (χ3n) is 5.15. The molecule has 176 valence electrons. The van der Waals surface area contributed by atoms with E-state index in [0.29, 0.717) is 34.8 Å². The first-order chi connectivity index (χ1) is 16.7. The summed E-state index contributed by atoms with van der Waals surface area (Å²) in [6.45, 7) is 5.23. The van der Waals surface area contributed by atoms with E-state index in [1.807, 2.05) is 25.1 Å². The van der Waals surface area contributed by atoms with Crippen LogP contribution in [0.5, 0.6) is 0 Å². The van der Waals surface area contributed by atoms with E-state index in [0.717, 1.165) is 17.8 Å². The van der Waals surface area contributed by atoms with Gasteiger partial charge in [-0.1, -0.05) is 30.3 Å². The fourth-order valence-corrected chi connectivity index (χ4v) is 3.26. The number of anilines is 1. The number of aliphatic hydroxyl groups is 1. The number of hydrogen-bond acceptors (Lipinski definition) is 8. The molecule has 4 aromatic rings. The summed E-state index contributed by atoms with van der Waals surface area (Å²) in [7, 11) is 0. The van der Waals surface area contributed by atoms with Crippen LogP contribution in [0.25, 0.3) is 22.6 Å². The van der Waals surface area contributed by atoms with E-state index in [2.05, 4.69) is 36.7 Å². The van der Waals surface area contributed by atoms with Gasteiger partial charge < -0.3 is 5.11 Å². The molecular formula is C25H24N8O2. The first-order valence-electron chi connectivity index (χ1n) is 11.0. The minimum atomic E-state index is -1.62. The first-order valence-corrected chi connectivity index (χ1v) is 11.0. The molecule has 0 unspecified atom stereocenters. The molecular weight excluding hydrogens is 444 g/mol. The van der Waals surface area contributed by atoms with Crippen LogP contribution in [-0.2, 0) is 17.8 Å². The molecule has 2 N–H and O–H groups in total. The number of nitrogens with one attached hydrogen (secondary N) is 1. The molecule has 3 aromatic heterocycles. The van der Waals surface area contributed by atoms with Crippen molar-refractivity contribution in [2.45, 2.75) is 39.3 Å². The zero-order valence-corrected chi connectivity index (χ0v) is 19.6. The molecule has 0 fully saturated rings.